The molecule has 1 rings (SSSR count). The monoisotopic (exact) mass is 179 g/mol. The summed E-state index contributed by atoms with van der Waals surface area (Å²) in [5.41, 5.74) is 8.85. The molecule has 1 aromatic carbocycles. The van der Waals surface area contributed by atoms with Crippen LogP contribution in [0.1, 0.15) is 29.7 Å². The van der Waals surface area contributed by atoms with Crippen molar-refractivity contribution < 1.29 is 5.11 Å². The molecule has 1 aromatic rings. The summed E-state index contributed by atoms with van der Waals surface area (Å²) in [5, 5.41) is 9.72. The first kappa shape index (κ1) is 10.2. The largest absolute Gasteiger partial charge is 0.387 e. The molecule has 0 fully saturated rings. The van der Waals surface area contributed by atoms with E-state index in [4.69, 9.17) is 5.73 Å². The molecule has 2 atom stereocenters. The molecule has 0 unspecified atom stereocenters. The van der Waals surface area contributed by atoms with Crippen LogP contribution in [-0.4, -0.2) is 11.1 Å². The van der Waals surface area contributed by atoms with Crippen molar-refractivity contribution in [3.05, 3.63) is 34.9 Å². The van der Waals surface area contributed by atoms with E-state index in [1.165, 1.54) is 0 Å². The van der Waals surface area contributed by atoms with Crippen molar-refractivity contribution in [1.29, 1.82) is 0 Å². The standard InChI is InChI=1S/C11H17NO/c1-7-4-8(2)6-10(5-7)11(13)9(3)12/h4-6,9,11,13H,12H2,1-3H3/t9-,11+/m1/s1. The van der Waals surface area contributed by atoms with E-state index in [9.17, 15) is 5.11 Å². The predicted octanol–water partition coefficient (Wildman–Crippen LogP) is 1.68. The topological polar surface area (TPSA) is 46.2 Å². The maximum Gasteiger partial charge on any atom is 0.0938 e. The van der Waals surface area contributed by atoms with Crippen LogP contribution >= 0.6 is 0 Å². The molecule has 2 nitrogen and oxygen atoms in total. The molecule has 2 heteroatoms. The van der Waals surface area contributed by atoms with E-state index < -0.39 is 6.10 Å². The Kier molecular flexibility index (Phi) is 3.07. The molecule has 0 aliphatic carbocycles. The first-order valence-electron chi connectivity index (χ1n) is 4.52. The lowest BCUT2D eigenvalue weighted by Crippen LogP contribution is -2.24. The number of aliphatic hydroxyl groups is 1. The lowest BCUT2D eigenvalue weighted by molar-refractivity contribution is 0.153. The van der Waals surface area contributed by atoms with Gasteiger partial charge in [-0.3, -0.25) is 0 Å². The quantitative estimate of drug-likeness (QED) is 0.725. The molecule has 3 N–H and O–H groups in total. The highest BCUT2D eigenvalue weighted by Gasteiger charge is 2.12. The van der Waals surface area contributed by atoms with Gasteiger partial charge >= 0.3 is 0 Å². The minimum atomic E-state index is -0.557. The normalized spacial score (nSPS) is 15.5. The van der Waals surface area contributed by atoms with Gasteiger partial charge in [0.15, 0.2) is 0 Å². The fourth-order valence-corrected chi connectivity index (χ4v) is 1.48. The summed E-state index contributed by atoms with van der Waals surface area (Å²) in [6.07, 6.45) is -0.557. The maximum absolute atomic E-state index is 9.72. The second-order valence-electron chi connectivity index (χ2n) is 3.73. The van der Waals surface area contributed by atoms with E-state index in [-0.39, 0.29) is 6.04 Å². The molecule has 0 aliphatic rings. The van der Waals surface area contributed by atoms with E-state index in [2.05, 4.69) is 6.07 Å². The predicted molar refractivity (Wildman–Crippen MR) is 54.5 cm³/mol. The SMILES string of the molecule is Cc1cc(C)cc([C@@H](O)[C@@H](C)N)c1. The minimum absolute atomic E-state index is 0.221. The van der Waals surface area contributed by atoms with Crippen LogP contribution < -0.4 is 5.73 Å². The number of nitrogens with two attached hydrogens (primary N) is 1. The van der Waals surface area contributed by atoms with Crippen LogP contribution in [-0.2, 0) is 0 Å². The summed E-state index contributed by atoms with van der Waals surface area (Å²) < 4.78 is 0. The summed E-state index contributed by atoms with van der Waals surface area (Å²) in [6, 6.07) is 5.81. The third-order valence-corrected chi connectivity index (χ3v) is 2.08. The van der Waals surface area contributed by atoms with Crippen molar-refractivity contribution in [2.45, 2.75) is 32.9 Å². The molecule has 0 saturated carbocycles. The van der Waals surface area contributed by atoms with E-state index in [1.54, 1.807) is 0 Å². The van der Waals surface area contributed by atoms with Gasteiger partial charge in [0.25, 0.3) is 0 Å². The van der Waals surface area contributed by atoms with Gasteiger partial charge in [-0.15, -0.1) is 0 Å². The van der Waals surface area contributed by atoms with Crippen molar-refractivity contribution in [3.63, 3.8) is 0 Å². The molecule has 0 saturated heterocycles. The summed E-state index contributed by atoms with van der Waals surface area (Å²) in [4.78, 5) is 0. The van der Waals surface area contributed by atoms with Gasteiger partial charge < -0.3 is 10.8 Å². The van der Waals surface area contributed by atoms with Gasteiger partial charge in [-0.25, -0.2) is 0 Å². The summed E-state index contributed by atoms with van der Waals surface area (Å²) >= 11 is 0. The summed E-state index contributed by atoms with van der Waals surface area (Å²) in [6.45, 7) is 5.84. The minimum Gasteiger partial charge on any atom is -0.387 e. The fraction of sp³-hybridized carbons (Fsp3) is 0.455. The van der Waals surface area contributed by atoms with E-state index >= 15 is 0 Å². The molecule has 0 spiro atoms. The third-order valence-electron chi connectivity index (χ3n) is 2.08. The highest BCUT2D eigenvalue weighted by molar-refractivity contribution is 5.30. The molecular formula is C11H17NO. The number of hydrogen-bond acceptors (Lipinski definition) is 2. The van der Waals surface area contributed by atoms with Gasteiger partial charge in [0, 0.05) is 6.04 Å². The van der Waals surface area contributed by atoms with Gasteiger partial charge in [0.2, 0.25) is 0 Å². The Hall–Kier alpha value is -0.860. The summed E-state index contributed by atoms with van der Waals surface area (Å²) in [7, 11) is 0. The Morgan fingerprint density at radius 1 is 1.15 bits per heavy atom. The Morgan fingerprint density at radius 2 is 1.62 bits per heavy atom. The lowest BCUT2D eigenvalue weighted by Gasteiger charge is -2.15. The third kappa shape index (κ3) is 2.54. The van der Waals surface area contributed by atoms with Gasteiger partial charge in [-0.05, 0) is 26.3 Å². The van der Waals surface area contributed by atoms with E-state index in [1.807, 2.05) is 32.9 Å². The van der Waals surface area contributed by atoms with E-state index in [0.717, 1.165) is 16.7 Å². The Morgan fingerprint density at radius 3 is 2.00 bits per heavy atom. The Bertz CT molecular complexity index is 274. The Balaban J connectivity index is 3.01. The van der Waals surface area contributed by atoms with Crippen LogP contribution in [0.2, 0.25) is 0 Å². The van der Waals surface area contributed by atoms with Crippen LogP contribution in [0.25, 0.3) is 0 Å². The molecule has 0 aromatic heterocycles. The van der Waals surface area contributed by atoms with Crippen molar-refractivity contribution in [2.24, 2.45) is 5.73 Å². The molecule has 0 aliphatic heterocycles. The zero-order chi connectivity index (χ0) is 10.0. The van der Waals surface area contributed by atoms with Crippen LogP contribution in [0.4, 0.5) is 0 Å². The number of hydrogen-bond donors (Lipinski definition) is 2. The molecule has 0 amide bonds. The molecule has 72 valence electrons. The average Bonchev–Trinajstić information content (AvgIpc) is 2.01. The maximum atomic E-state index is 9.72. The average molecular weight is 179 g/mol. The smallest absolute Gasteiger partial charge is 0.0938 e. The lowest BCUT2D eigenvalue weighted by atomic mass is 10.00. The van der Waals surface area contributed by atoms with E-state index in [0.29, 0.717) is 0 Å². The second-order valence-corrected chi connectivity index (χ2v) is 3.73. The number of aliphatic hydroxyl groups excluding tert-OH is 1. The van der Waals surface area contributed by atoms with Crippen molar-refractivity contribution in [1.82, 2.24) is 0 Å². The highest BCUT2D eigenvalue weighted by atomic mass is 16.3. The van der Waals surface area contributed by atoms with Gasteiger partial charge in [0.05, 0.1) is 6.10 Å². The zero-order valence-corrected chi connectivity index (χ0v) is 8.41. The van der Waals surface area contributed by atoms with Gasteiger partial charge in [-0.1, -0.05) is 29.3 Å². The van der Waals surface area contributed by atoms with Crippen LogP contribution in [0.3, 0.4) is 0 Å². The number of benzene rings is 1. The fourth-order valence-electron chi connectivity index (χ4n) is 1.48. The van der Waals surface area contributed by atoms with Gasteiger partial charge in [0.1, 0.15) is 0 Å². The van der Waals surface area contributed by atoms with Crippen molar-refractivity contribution in [3.8, 4) is 0 Å². The van der Waals surface area contributed by atoms with Crippen molar-refractivity contribution >= 4 is 0 Å². The second kappa shape index (κ2) is 3.90. The number of aryl methyl sites for hydroxylation is 2. The van der Waals surface area contributed by atoms with Crippen LogP contribution in [0.15, 0.2) is 18.2 Å². The number of rotatable bonds is 2. The highest BCUT2D eigenvalue weighted by Crippen LogP contribution is 2.18. The van der Waals surface area contributed by atoms with Crippen LogP contribution in [0.5, 0.6) is 0 Å². The molecular weight excluding hydrogens is 162 g/mol. The zero-order valence-electron chi connectivity index (χ0n) is 8.41. The molecule has 0 bridgehead atoms. The van der Waals surface area contributed by atoms with Gasteiger partial charge in [-0.2, -0.15) is 0 Å². The van der Waals surface area contributed by atoms with Crippen molar-refractivity contribution in [2.75, 3.05) is 0 Å². The molecule has 0 heterocycles. The molecule has 13 heavy (non-hydrogen) atoms. The summed E-state index contributed by atoms with van der Waals surface area (Å²) in [5.74, 6) is 0. The first-order valence-corrected chi connectivity index (χ1v) is 4.52. The molecule has 0 radical (unpaired) electrons. The van der Waals surface area contributed by atoms with Crippen LogP contribution in [0, 0.1) is 13.8 Å². The Labute approximate surface area is 79.4 Å². The first-order chi connectivity index (χ1) is 6.00.